The molecule has 3 N–H and O–H groups in total. The van der Waals surface area contributed by atoms with E-state index in [4.69, 9.17) is 10.5 Å². The van der Waals surface area contributed by atoms with Crippen LogP contribution < -0.4 is 15.8 Å². The molecule has 2 rings (SSSR count). The van der Waals surface area contributed by atoms with Crippen LogP contribution in [-0.4, -0.2) is 28.7 Å². The van der Waals surface area contributed by atoms with Gasteiger partial charge in [-0.1, -0.05) is 18.2 Å². The number of primary amides is 1. The Kier molecular flexibility index (Phi) is 4.55. The molecule has 0 aliphatic rings. The minimum Gasteiger partial charge on any atom is -0.477 e. The molecule has 0 aliphatic carbocycles. The zero-order valence-corrected chi connectivity index (χ0v) is 11.6. The number of hydrogen-bond donors (Lipinski definition) is 2. The molecular weight excluding hydrogens is 272 g/mol. The summed E-state index contributed by atoms with van der Waals surface area (Å²) in [5.41, 5.74) is 6.42. The summed E-state index contributed by atoms with van der Waals surface area (Å²) in [5, 5.41) is 6.81. The lowest BCUT2D eigenvalue weighted by molar-refractivity contribution is -0.107. The van der Waals surface area contributed by atoms with Crippen LogP contribution in [0.2, 0.25) is 0 Å². The number of aromatic nitrogens is 2. The van der Waals surface area contributed by atoms with Crippen molar-refractivity contribution in [3.8, 4) is 11.6 Å². The molecule has 0 fully saturated rings. The molecule has 2 aromatic rings. The fourth-order valence-electron chi connectivity index (χ4n) is 1.95. The Morgan fingerprint density at radius 1 is 1.43 bits per heavy atom. The molecular formula is C14H16N4O3. The Hall–Kier alpha value is -2.83. The van der Waals surface area contributed by atoms with Gasteiger partial charge in [-0.3, -0.25) is 5.32 Å². The van der Waals surface area contributed by atoms with Crippen LogP contribution in [0, 0.1) is 0 Å². The van der Waals surface area contributed by atoms with Gasteiger partial charge in [0.25, 0.3) is 0 Å². The Labute approximate surface area is 121 Å². The maximum Gasteiger partial charge on any atom is 0.317 e. The van der Waals surface area contributed by atoms with E-state index < -0.39 is 6.03 Å². The van der Waals surface area contributed by atoms with E-state index in [1.807, 2.05) is 37.3 Å². The molecule has 1 heterocycles. The highest BCUT2D eigenvalue weighted by Gasteiger charge is 2.20. The van der Waals surface area contributed by atoms with Crippen LogP contribution in [0.1, 0.15) is 12.5 Å². The topological polar surface area (TPSA) is 99.2 Å². The molecule has 1 aromatic carbocycles. The Balaban J connectivity index is 2.59. The van der Waals surface area contributed by atoms with E-state index >= 15 is 0 Å². The van der Waals surface area contributed by atoms with E-state index in [0.717, 1.165) is 12.0 Å². The van der Waals surface area contributed by atoms with Crippen LogP contribution >= 0.6 is 0 Å². The van der Waals surface area contributed by atoms with Gasteiger partial charge in [-0.15, -0.1) is 5.10 Å². The number of nitrogens with one attached hydrogen (secondary N) is 1. The Morgan fingerprint density at radius 3 is 2.71 bits per heavy atom. The van der Waals surface area contributed by atoms with Crippen molar-refractivity contribution in [1.29, 1.82) is 0 Å². The lowest BCUT2D eigenvalue weighted by Gasteiger charge is -2.08. The molecule has 1 aromatic heterocycles. The van der Waals surface area contributed by atoms with Crippen LogP contribution in [0.4, 0.5) is 10.6 Å². The molecule has 7 nitrogen and oxygen atoms in total. The highest BCUT2D eigenvalue weighted by molar-refractivity contribution is 5.89. The van der Waals surface area contributed by atoms with Gasteiger partial charge < -0.3 is 15.3 Å². The van der Waals surface area contributed by atoms with Gasteiger partial charge in [0.2, 0.25) is 5.88 Å². The van der Waals surface area contributed by atoms with Crippen LogP contribution in [0.15, 0.2) is 30.3 Å². The number of hydrogen-bond acceptors (Lipinski definition) is 4. The molecule has 0 unspecified atom stereocenters. The molecule has 7 heteroatoms. The van der Waals surface area contributed by atoms with Crippen molar-refractivity contribution in [3.05, 3.63) is 35.9 Å². The van der Waals surface area contributed by atoms with Gasteiger partial charge in [-0.2, -0.15) is 0 Å². The summed E-state index contributed by atoms with van der Waals surface area (Å²) in [6, 6.07) is 8.45. The zero-order chi connectivity index (χ0) is 15.2. The smallest absolute Gasteiger partial charge is 0.317 e. The van der Waals surface area contributed by atoms with Crippen LogP contribution in [0.3, 0.4) is 0 Å². The van der Waals surface area contributed by atoms with Gasteiger partial charge >= 0.3 is 6.03 Å². The molecule has 0 saturated heterocycles. The summed E-state index contributed by atoms with van der Waals surface area (Å²) in [7, 11) is 0. The monoisotopic (exact) mass is 288 g/mol. The number of anilines is 1. The lowest BCUT2D eigenvalue weighted by Crippen LogP contribution is -2.22. The van der Waals surface area contributed by atoms with Crippen LogP contribution in [0.25, 0.3) is 5.69 Å². The number of carbonyl (C=O) groups excluding carboxylic acids is 2. The fraction of sp³-hybridized carbons (Fsp3) is 0.214. The first-order valence-electron chi connectivity index (χ1n) is 6.47. The van der Waals surface area contributed by atoms with E-state index in [9.17, 15) is 9.59 Å². The predicted octanol–water partition coefficient (Wildman–Crippen LogP) is 1.50. The molecule has 0 spiro atoms. The van der Waals surface area contributed by atoms with Gasteiger partial charge in [0.15, 0.2) is 0 Å². The van der Waals surface area contributed by atoms with Gasteiger partial charge in [-0.05, 0) is 19.1 Å². The summed E-state index contributed by atoms with van der Waals surface area (Å²) in [6.45, 7) is 2.21. The van der Waals surface area contributed by atoms with Crippen molar-refractivity contribution in [3.63, 3.8) is 0 Å². The second-order valence-corrected chi connectivity index (χ2v) is 4.17. The summed E-state index contributed by atoms with van der Waals surface area (Å²) in [6.07, 6.45) is 0.790. The molecule has 110 valence electrons. The number of amides is 2. The molecule has 0 bridgehead atoms. The summed E-state index contributed by atoms with van der Waals surface area (Å²) < 4.78 is 6.93. The maximum atomic E-state index is 11.2. The van der Waals surface area contributed by atoms with Crippen molar-refractivity contribution in [2.75, 3.05) is 11.9 Å². The van der Waals surface area contributed by atoms with Gasteiger partial charge in [0, 0.05) is 6.42 Å². The van der Waals surface area contributed by atoms with E-state index in [1.165, 1.54) is 4.68 Å². The van der Waals surface area contributed by atoms with Gasteiger partial charge in [-0.25, -0.2) is 9.48 Å². The van der Waals surface area contributed by atoms with Gasteiger partial charge in [0.1, 0.15) is 12.1 Å². The van der Waals surface area contributed by atoms with E-state index in [1.54, 1.807) is 0 Å². The largest absolute Gasteiger partial charge is 0.477 e. The SMILES string of the molecule is CCOc1nn(-c2ccccc2)c(NC(N)=O)c1CC=O. The third kappa shape index (κ3) is 3.19. The number of aldehydes is 1. The average Bonchev–Trinajstić information content (AvgIpc) is 2.79. The molecule has 0 atom stereocenters. The zero-order valence-electron chi connectivity index (χ0n) is 11.6. The minimum absolute atomic E-state index is 0.0672. The molecule has 0 aliphatic heterocycles. The number of nitrogens with two attached hydrogens (primary N) is 1. The highest BCUT2D eigenvalue weighted by Crippen LogP contribution is 2.29. The Morgan fingerprint density at radius 2 is 2.14 bits per heavy atom. The number of para-hydroxylation sites is 1. The Bertz CT molecular complexity index is 637. The second kappa shape index (κ2) is 6.56. The predicted molar refractivity (Wildman–Crippen MR) is 77.7 cm³/mol. The summed E-state index contributed by atoms with van der Waals surface area (Å²) in [4.78, 5) is 22.1. The second-order valence-electron chi connectivity index (χ2n) is 4.17. The van der Waals surface area contributed by atoms with Crippen LogP contribution in [-0.2, 0) is 11.2 Å². The molecule has 21 heavy (non-hydrogen) atoms. The van der Waals surface area contributed by atoms with Crippen LogP contribution in [0.5, 0.6) is 5.88 Å². The van der Waals surface area contributed by atoms with Crippen molar-refractivity contribution >= 4 is 18.1 Å². The summed E-state index contributed by atoms with van der Waals surface area (Å²) in [5.74, 6) is 0.640. The van der Waals surface area contributed by atoms with Crippen molar-refractivity contribution < 1.29 is 14.3 Å². The van der Waals surface area contributed by atoms with Crippen molar-refractivity contribution in [2.24, 2.45) is 5.73 Å². The van der Waals surface area contributed by atoms with Crippen molar-refractivity contribution in [2.45, 2.75) is 13.3 Å². The molecule has 0 radical (unpaired) electrons. The average molecular weight is 288 g/mol. The first-order valence-corrected chi connectivity index (χ1v) is 6.47. The van der Waals surface area contributed by atoms with Crippen molar-refractivity contribution in [1.82, 2.24) is 9.78 Å². The first kappa shape index (κ1) is 14.6. The maximum absolute atomic E-state index is 11.2. The van der Waals surface area contributed by atoms with E-state index in [0.29, 0.717) is 23.9 Å². The number of nitrogens with zero attached hydrogens (tertiary/aromatic N) is 2. The van der Waals surface area contributed by atoms with Gasteiger partial charge in [0.05, 0.1) is 17.9 Å². The molecule has 0 saturated carbocycles. The number of ether oxygens (including phenoxy) is 1. The van der Waals surface area contributed by atoms with E-state index in [-0.39, 0.29) is 6.42 Å². The number of carbonyl (C=O) groups is 2. The first-order chi connectivity index (χ1) is 10.2. The lowest BCUT2D eigenvalue weighted by atomic mass is 10.2. The summed E-state index contributed by atoms with van der Waals surface area (Å²) >= 11 is 0. The third-order valence-corrected chi connectivity index (χ3v) is 2.76. The standard InChI is InChI=1S/C14H16N4O3/c1-2-21-13-11(8-9-19)12(16-14(15)20)18(17-13)10-6-4-3-5-7-10/h3-7,9H,2,8H2,1H3,(H3,15,16,20). The highest BCUT2D eigenvalue weighted by atomic mass is 16.5. The molecule has 2 amide bonds. The quantitative estimate of drug-likeness (QED) is 0.787. The third-order valence-electron chi connectivity index (χ3n) is 2.76. The number of urea groups is 1. The fourth-order valence-corrected chi connectivity index (χ4v) is 1.95. The minimum atomic E-state index is -0.734. The number of benzene rings is 1. The van der Waals surface area contributed by atoms with E-state index in [2.05, 4.69) is 10.4 Å². The number of rotatable bonds is 6. The normalized spacial score (nSPS) is 10.1.